The molecule has 2 aromatic rings. The molecule has 3 rings (SSSR count). The zero-order valence-electron chi connectivity index (χ0n) is 16.5. The van der Waals surface area contributed by atoms with Crippen molar-refractivity contribution in [3.63, 3.8) is 0 Å². The van der Waals surface area contributed by atoms with Crippen LogP contribution in [0.5, 0.6) is 5.75 Å². The first kappa shape index (κ1) is 21.4. The average Bonchev–Trinajstić information content (AvgIpc) is 2.78. The smallest absolute Gasteiger partial charge is 0.416 e. The van der Waals surface area contributed by atoms with E-state index in [4.69, 9.17) is 4.74 Å². The van der Waals surface area contributed by atoms with Gasteiger partial charge in [-0.05, 0) is 50.2 Å². The molecule has 1 aliphatic rings. The predicted octanol–water partition coefficient (Wildman–Crippen LogP) is 4.90. The second-order valence-corrected chi connectivity index (χ2v) is 7.59. The Balaban J connectivity index is 1.84. The highest BCUT2D eigenvalue weighted by Crippen LogP contribution is 2.38. The first-order chi connectivity index (χ1) is 14.0. The summed E-state index contributed by atoms with van der Waals surface area (Å²) in [5.74, 6) is -0.250. The number of anilines is 2. The Morgan fingerprint density at radius 3 is 2.50 bits per heavy atom. The fourth-order valence-electron chi connectivity index (χ4n) is 3.05. The van der Waals surface area contributed by atoms with Crippen LogP contribution in [-0.4, -0.2) is 25.0 Å². The summed E-state index contributed by atoms with van der Waals surface area (Å²) >= 11 is 0. The number of hydrogen-bond donors (Lipinski definition) is 1. The van der Waals surface area contributed by atoms with E-state index < -0.39 is 23.1 Å². The summed E-state index contributed by atoms with van der Waals surface area (Å²) in [5, 5.41) is 2.64. The number of carbonyl (C=O) groups excluding carboxylic acids is 2. The summed E-state index contributed by atoms with van der Waals surface area (Å²) < 4.78 is 43.9. The van der Waals surface area contributed by atoms with Gasteiger partial charge >= 0.3 is 6.18 Å². The second kappa shape index (κ2) is 7.85. The molecule has 0 unspecified atom stereocenters. The van der Waals surface area contributed by atoms with Gasteiger partial charge in [-0.15, -0.1) is 6.58 Å². The second-order valence-electron chi connectivity index (χ2n) is 7.59. The third kappa shape index (κ3) is 4.32. The lowest BCUT2D eigenvalue weighted by molar-refractivity contribution is -0.137. The quantitative estimate of drug-likeness (QED) is 0.719. The van der Waals surface area contributed by atoms with Crippen molar-refractivity contribution in [2.75, 3.05) is 23.4 Å². The van der Waals surface area contributed by atoms with Crippen LogP contribution < -0.4 is 15.0 Å². The molecule has 0 aromatic heterocycles. The molecule has 1 heterocycles. The lowest BCUT2D eigenvalue weighted by Crippen LogP contribution is -2.42. The molecule has 158 valence electrons. The van der Waals surface area contributed by atoms with Crippen molar-refractivity contribution >= 4 is 23.2 Å². The molecular formula is C22H21F3N2O3. The maximum atomic E-state index is 12.8. The van der Waals surface area contributed by atoms with Gasteiger partial charge in [0.2, 0.25) is 5.91 Å². The Bertz CT molecular complexity index is 982. The van der Waals surface area contributed by atoms with Gasteiger partial charge < -0.3 is 15.0 Å². The number of carbonyl (C=O) groups is 2. The molecule has 2 amide bonds. The predicted molar refractivity (Wildman–Crippen MR) is 108 cm³/mol. The van der Waals surface area contributed by atoms with Gasteiger partial charge in [-0.3, -0.25) is 9.59 Å². The van der Waals surface area contributed by atoms with E-state index in [1.807, 2.05) is 0 Å². The third-order valence-corrected chi connectivity index (χ3v) is 4.71. The van der Waals surface area contributed by atoms with E-state index in [9.17, 15) is 22.8 Å². The number of nitrogens with one attached hydrogen (secondary N) is 1. The van der Waals surface area contributed by atoms with Crippen molar-refractivity contribution in [3.05, 3.63) is 66.2 Å². The van der Waals surface area contributed by atoms with Crippen molar-refractivity contribution in [3.8, 4) is 5.75 Å². The zero-order valence-corrected chi connectivity index (χ0v) is 16.5. The lowest BCUT2D eigenvalue weighted by Gasteiger charge is -2.27. The van der Waals surface area contributed by atoms with E-state index in [0.717, 1.165) is 24.3 Å². The molecule has 0 atom stereocenters. The van der Waals surface area contributed by atoms with Crippen molar-refractivity contribution in [2.45, 2.75) is 20.0 Å². The average molecular weight is 418 g/mol. The molecule has 0 saturated heterocycles. The minimum atomic E-state index is -4.47. The molecule has 8 heteroatoms. The summed E-state index contributed by atoms with van der Waals surface area (Å²) in [6, 6.07) is 8.79. The number of ether oxygens (including phenoxy) is 1. The van der Waals surface area contributed by atoms with Crippen LogP contribution in [0, 0.1) is 5.41 Å². The molecule has 0 saturated carbocycles. The number of benzene rings is 2. The Kier molecular flexibility index (Phi) is 5.61. The normalized spacial score (nSPS) is 15.6. The van der Waals surface area contributed by atoms with Gasteiger partial charge in [0.15, 0.2) is 0 Å². The van der Waals surface area contributed by atoms with Crippen LogP contribution >= 0.6 is 0 Å². The molecule has 0 bridgehead atoms. The number of rotatable bonds is 4. The van der Waals surface area contributed by atoms with Crippen LogP contribution in [-0.2, 0) is 11.0 Å². The monoisotopic (exact) mass is 418 g/mol. The van der Waals surface area contributed by atoms with E-state index in [0.29, 0.717) is 23.7 Å². The van der Waals surface area contributed by atoms with Crippen LogP contribution in [0.2, 0.25) is 0 Å². The SMILES string of the molecule is C=CCN1C(=O)C(C)(C)COc2cc(NC(=O)c3ccc(C(F)(F)F)cc3)ccc21. The first-order valence-corrected chi connectivity index (χ1v) is 9.21. The minimum absolute atomic E-state index is 0.0865. The lowest BCUT2D eigenvalue weighted by atomic mass is 9.93. The molecule has 1 N–H and O–H groups in total. The molecule has 1 aliphatic heterocycles. The maximum absolute atomic E-state index is 12.8. The minimum Gasteiger partial charge on any atom is -0.490 e. The number of amides is 2. The van der Waals surface area contributed by atoms with Crippen molar-refractivity contribution in [1.82, 2.24) is 0 Å². The van der Waals surface area contributed by atoms with Gasteiger partial charge in [0.05, 0.1) is 16.7 Å². The molecular weight excluding hydrogens is 397 g/mol. The van der Waals surface area contributed by atoms with E-state index >= 15 is 0 Å². The molecule has 0 aliphatic carbocycles. The Morgan fingerprint density at radius 2 is 1.90 bits per heavy atom. The molecule has 2 aromatic carbocycles. The molecule has 30 heavy (non-hydrogen) atoms. The van der Waals surface area contributed by atoms with Gasteiger partial charge in [0, 0.05) is 23.9 Å². The summed E-state index contributed by atoms with van der Waals surface area (Å²) in [5.41, 5.74) is -0.538. The topological polar surface area (TPSA) is 58.6 Å². The van der Waals surface area contributed by atoms with Crippen LogP contribution in [0.1, 0.15) is 29.8 Å². The number of halogens is 3. The molecule has 0 spiro atoms. The molecule has 0 radical (unpaired) electrons. The number of alkyl halides is 3. The number of nitrogens with zero attached hydrogens (tertiary/aromatic N) is 1. The molecule has 0 fully saturated rings. The van der Waals surface area contributed by atoms with Crippen molar-refractivity contribution < 1.29 is 27.5 Å². The van der Waals surface area contributed by atoms with E-state index in [2.05, 4.69) is 11.9 Å². The van der Waals surface area contributed by atoms with Crippen LogP contribution in [0.3, 0.4) is 0 Å². The van der Waals surface area contributed by atoms with Crippen molar-refractivity contribution in [1.29, 1.82) is 0 Å². The fourth-order valence-corrected chi connectivity index (χ4v) is 3.05. The standard InChI is InChI=1S/C22H21F3N2O3/c1-4-11-27-17-10-9-16(12-18(17)30-13-21(2,3)20(27)29)26-19(28)14-5-7-15(8-6-14)22(23,24)25/h4-10,12H,1,11,13H2,2-3H3,(H,26,28). The van der Waals surface area contributed by atoms with Crippen molar-refractivity contribution in [2.24, 2.45) is 5.41 Å². The van der Waals surface area contributed by atoms with Crippen LogP contribution in [0.15, 0.2) is 55.1 Å². The largest absolute Gasteiger partial charge is 0.490 e. The summed E-state index contributed by atoms with van der Waals surface area (Å²) in [6.07, 6.45) is -2.85. The number of fused-ring (bicyclic) bond motifs is 1. The van der Waals surface area contributed by atoms with Gasteiger partial charge in [-0.2, -0.15) is 13.2 Å². The highest BCUT2D eigenvalue weighted by Gasteiger charge is 2.37. The summed E-state index contributed by atoms with van der Waals surface area (Å²) in [7, 11) is 0. The maximum Gasteiger partial charge on any atom is 0.416 e. The first-order valence-electron chi connectivity index (χ1n) is 9.21. The third-order valence-electron chi connectivity index (χ3n) is 4.71. The van der Waals surface area contributed by atoms with Gasteiger partial charge in [-0.25, -0.2) is 0 Å². The summed E-state index contributed by atoms with van der Waals surface area (Å²) in [4.78, 5) is 26.8. The highest BCUT2D eigenvalue weighted by atomic mass is 19.4. The Labute approximate surface area is 172 Å². The fraction of sp³-hybridized carbons (Fsp3) is 0.273. The Morgan fingerprint density at radius 1 is 1.23 bits per heavy atom. The summed E-state index contributed by atoms with van der Waals surface area (Å²) in [6.45, 7) is 7.71. The van der Waals surface area contributed by atoms with Gasteiger partial charge in [0.1, 0.15) is 12.4 Å². The van der Waals surface area contributed by atoms with Crippen LogP contribution in [0.25, 0.3) is 0 Å². The van der Waals surface area contributed by atoms with E-state index in [-0.39, 0.29) is 18.1 Å². The van der Waals surface area contributed by atoms with E-state index in [1.165, 1.54) is 0 Å². The van der Waals surface area contributed by atoms with Crippen LogP contribution in [0.4, 0.5) is 24.5 Å². The highest BCUT2D eigenvalue weighted by molar-refractivity contribution is 6.05. The zero-order chi connectivity index (χ0) is 22.1. The van der Waals surface area contributed by atoms with Gasteiger partial charge in [-0.1, -0.05) is 6.08 Å². The Hall–Kier alpha value is -3.29. The van der Waals surface area contributed by atoms with E-state index in [1.54, 1.807) is 43.0 Å². The van der Waals surface area contributed by atoms with Gasteiger partial charge in [0.25, 0.3) is 5.91 Å². The number of hydrogen-bond acceptors (Lipinski definition) is 3. The molecule has 5 nitrogen and oxygen atoms in total.